The summed E-state index contributed by atoms with van der Waals surface area (Å²) < 4.78 is 0. The largest absolute Gasteiger partial charge is 0.335 e. The molecule has 98 valence electrons. The SMILES string of the molecule is CCc1cccc(NC2=NC(C)(CC)CCS2)c1. The van der Waals surface area contributed by atoms with Crippen LogP contribution in [0.15, 0.2) is 29.3 Å². The van der Waals surface area contributed by atoms with E-state index in [1.807, 2.05) is 11.8 Å². The summed E-state index contributed by atoms with van der Waals surface area (Å²) in [5, 5.41) is 4.53. The first-order valence-electron chi connectivity index (χ1n) is 6.74. The third-order valence-electron chi connectivity index (χ3n) is 3.60. The van der Waals surface area contributed by atoms with Crippen LogP contribution in [-0.4, -0.2) is 16.5 Å². The van der Waals surface area contributed by atoms with Crippen LogP contribution in [0.3, 0.4) is 0 Å². The highest BCUT2D eigenvalue weighted by Crippen LogP contribution is 2.29. The van der Waals surface area contributed by atoms with Crippen LogP contribution in [0.5, 0.6) is 0 Å². The van der Waals surface area contributed by atoms with E-state index in [9.17, 15) is 0 Å². The zero-order valence-electron chi connectivity index (χ0n) is 11.5. The van der Waals surface area contributed by atoms with Gasteiger partial charge in [0, 0.05) is 11.4 Å². The predicted octanol–water partition coefficient (Wildman–Crippen LogP) is 4.32. The molecule has 1 aliphatic rings. The molecule has 0 aliphatic carbocycles. The Kier molecular flexibility index (Phi) is 4.33. The van der Waals surface area contributed by atoms with Gasteiger partial charge in [-0.1, -0.05) is 37.7 Å². The molecule has 0 aromatic heterocycles. The zero-order chi connectivity index (χ0) is 13.0. The number of thioether (sulfide) groups is 1. The number of hydrogen-bond acceptors (Lipinski definition) is 3. The molecule has 0 saturated carbocycles. The van der Waals surface area contributed by atoms with Gasteiger partial charge >= 0.3 is 0 Å². The van der Waals surface area contributed by atoms with Gasteiger partial charge in [0.15, 0.2) is 5.17 Å². The van der Waals surface area contributed by atoms with Gasteiger partial charge in [-0.25, -0.2) is 0 Å². The first-order valence-corrected chi connectivity index (χ1v) is 7.72. The van der Waals surface area contributed by atoms with Crippen LogP contribution >= 0.6 is 11.8 Å². The van der Waals surface area contributed by atoms with Crippen molar-refractivity contribution in [3.05, 3.63) is 29.8 Å². The Hall–Kier alpha value is -0.960. The molecular weight excluding hydrogens is 240 g/mol. The number of anilines is 1. The second kappa shape index (κ2) is 5.79. The van der Waals surface area contributed by atoms with E-state index >= 15 is 0 Å². The molecule has 0 bridgehead atoms. The maximum atomic E-state index is 4.85. The maximum absolute atomic E-state index is 4.85. The van der Waals surface area contributed by atoms with Crippen LogP contribution in [0.1, 0.15) is 39.2 Å². The third kappa shape index (κ3) is 3.29. The summed E-state index contributed by atoms with van der Waals surface area (Å²) in [4.78, 5) is 4.85. The average molecular weight is 262 g/mol. The summed E-state index contributed by atoms with van der Waals surface area (Å²) >= 11 is 1.83. The van der Waals surface area contributed by atoms with E-state index in [0.29, 0.717) is 0 Å². The molecule has 2 nitrogen and oxygen atoms in total. The number of benzene rings is 1. The average Bonchev–Trinajstić information content (AvgIpc) is 2.39. The van der Waals surface area contributed by atoms with Crippen molar-refractivity contribution in [3.8, 4) is 0 Å². The minimum absolute atomic E-state index is 0.121. The fraction of sp³-hybridized carbons (Fsp3) is 0.533. The van der Waals surface area contributed by atoms with Gasteiger partial charge in [0.05, 0.1) is 5.54 Å². The zero-order valence-corrected chi connectivity index (χ0v) is 12.3. The maximum Gasteiger partial charge on any atom is 0.161 e. The molecule has 1 aromatic carbocycles. The Morgan fingerprint density at radius 2 is 2.22 bits per heavy atom. The van der Waals surface area contributed by atoms with Gasteiger partial charge in [0.2, 0.25) is 0 Å². The lowest BCUT2D eigenvalue weighted by molar-refractivity contribution is 0.443. The summed E-state index contributed by atoms with van der Waals surface area (Å²) in [6.07, 6.45) is 3.35. The molecule has 1 atom stereocenters. The minimum atomic E-state index is 0.121. The number of nitrogens with one attached hydrogen (secondary N) is 1. The normalized spacial score (nSPS) is 23.6. The van der Waals surface area contributed by atoms with Crippen molar-refractivity contribution in [1.29, 1.82) is 0 Å². The highest BCUT2D eigenvalue weighted by Gasteiger charge is 2.25. The number of amidine groups is 1. The highest BCUT2D eigenvalue weighted by molar-refractivity contribution is 8.14. The van der Waals surface area contributed by atoms with Crippen molar-refractivity contribution in [1.82, 2.24) is 0 Å². The fourth-order valence-electron chi connectivity index (χ4n) is 2.01. The van der Waals surface area contributed by atoms with Gasteiger partial charge in [-0.05, 0) is 43.9 Å². The Morgan fingerprint density at radius 1 is 1.39 bits per heavy atom. The second-order valence-electron chi connectivity index (χ2n) is 5.04. The van der Waals surface area contributed by atoms with Crippen molar-refractivity contribution >= 4 is 22.6 Å². The number of hydrogen-bond donors (Lipinski definition) is 1. The summed E-state index contributed by atoms with van der Waals surface area (Å²) in [5.74, 6) is 1.16. The van der Waals surface area contributed by atoms with E-state index in [0.717, 1.165) is 29.4 Å². The first kappa shape index (κ1) is 13.5. The highest BCUT2D eigenvalue weighted by atomic mass is 32.2. The van der Waals surface area contributed by atoms with Gasteiger partial charge in [0.25, 0.3) is 0 Å². The van der Waals surface area contributed by atoms with Gasteiger partial charge in [-0.2, -0.15) is 0 Å². The number of nitrogens with zero attached hydrogens (tertiary/aromatic N) is 1. The molecule has 3 heteroatoms. The van der Waals surface area contributed by atoms with E-state index in [-0.39, 0.29) is 5.54 Å². The Balaban J connectivity index is 2.13. The minimum Gasteiger partial charge on any atom is -0.335 e. The molecule has 1 unspecified atom stereocenters. The van der Waals surface area contributed by atoms with Crippen molar-refractivity contribution in [3.63, 3.8) is 0 Å². The van der Waals surface area contributed by atoms with E-state index in [4.69, 9.17) is 4.99 Å². The number of aliphatic imine (C=N–C) groups is 1. The molecule has 0 fully saturated rings. The standard InChI is InChI=1S/C15H22N2S/c1-4-12-7-6-8-13(11-12)16-14-17-15(3,5-2)9-10-18-14/h6-8,11H,4-5,9-10H2,1-3H3,(H,16,17). The molecule has 0 amide bonds. The number of rotatable bonds is 3. The summed E-state index contributed by atoms with van der Waals surface area (Å²) in [5.41, 5.74) is 2.64. The fourth-order valence-corrected chi connectivity index (χ4v) is 3.22. The van der Waals surface area contributed by atoms with Gasteiger partial charge in [0.1, 0.15) is 0 Å². The van der Waals surface area contributed by atoms with Crippen LogP contribution in [0.4, 0.5) is 5.69 Å². The van der Waals surface area contributed by atoms with Crippen molar-refractivity contribution in [2.24, 2.45) is 4.99 Å². The molecule has 18 heavy (non-hydrogen) atoms. The molecule has 1 heterocycles. The topological polar surface area (TPSA) is 24.4 Å². The molecular formula is C15H22N2S. The quantitative estimate of drug-likeness (QED) is 0.877. The van der Waals surface area contributed by atoms with Crippen LogP contribution in [-0.2, 0) is 6.42 Å². The predicted molar refractivity (Wildman–Crippen MR) is 82.6 cm³/mol. The smallest absolute Gasteiger partial charge is 0.161 e. The lowest BCUT2D eigenvalue weighted by atomic mass is 9.97. The molecule has 0 radical (unpaired) electrons. The van der Waals surface area contributed by atoms with Crippen molar-refractivity contribution < 1.29 is 0 Å². The van der Waals surface area contributed by atoms with E-state index in [2.05, 4.69) is 50.4 Å². The summed E-state index contributed by atoms with van der Waals surface area (Å²) in [6.45, 7) is 6.64. The van der Waals surface area contributed by atoms with E-state index < -0.39 is 0 Å². The second-order valence-corrected chi connectivity index (χ2v) is 6.13. The lowest BCUT2D eigenvalue weighted by Crippen LogP contribution is -2.29. The van der Waals surface area contributed by atoms with Gasteiger partial charge in [-0.15, -0.1) is 0 Å². The van der Waals surface area contributed by atoms with Crippen LogP contribution in [0.2, 0.25) is 0 Å². The van der Waals surface area contributed by atoms with Crippen molar-refractivity contribution in [2.75, 3.05) is 11.1 Å². The molecule has 2 rings (SSSR count). The van der Waals surface area contributed by atoms with E-state index in [1.54, 1.807) is 0 Å². The summed E-state index contributed by atoms with van der Waals surface area (Å²) in [6, 6.07) is 8.59. The molecule has 1 aromatic rings. The Labute approximate surface area is 114 Å². The van der Waals surface area contributed by atoms with Crippen molar-refractivity contribution in [2.45, 2.75) is 45.6 Å². The van der Waals surface area contributed by atoms with E-state index in [1.165, 1.54) is 12.0 Å². The monoisotopic (exact) mass is 262 g/mol. The van der Waals surface area contributed by atoms with Gasteiger partial charge in [-0.3, -0.25) is 4.99 Å². The number of aryl methyl sites for hydroxylation is 1. The molecule has 0 saturated heterocycles. The summed E-state index contributed by atoms with van der Waals surface area (Å²) in [7, 11) is 0. The third-order valence-corrected chi connectivity index (χ3v) is 4.47. The Bertz CT molecular complexity index is 442. The van der Waals surface area contributed by atoms with Crippen LogP contribution in [0.25, 0.3) is 0 Å². The molecule has 0 spiro atoms. The molecule has 1 aliphatic heterocycles. The van der Waals surface area contributed by atoms with Crippen LogP contribution < -0.4 is 5.32 Å². The lowest BCUT2D eigenvalue weighted by Gasteiger charge is -2.29. The first-order chi connectivity index (χ1) is 8.65. The molecule has 1 N–H and O–H groups in total. The van der Waals surface area contributed by atoms with Crippen LogP contribution in [0, 0.1) is 0 Å². The van der Waals surface area contributed by atoms with Gasteiger partial charge < -0.3 is 5.32 Å². The Morgan fingerprint density at radius 3 is 2.94 bits per heavy atom.